The first kappa shape index (κ1) is 32.3. The van der Waals surface area contributed by atoms with Crippen LogP contribution in [-0.4, -0.2) is 111 Å². The lowest BCUT2D eigenvalue weighted by Gasteiger charge is -2.15. The summed E-state index contributed by atoms with van der Waals surface area (Å²) >= 11 is 1.95. The van der Waals surface area contributed by atoms with Crippen molar-refractivity contribution in [3.8, 4) is 0 Å². The number of fused-ring (bicyclic) bond motifs is 1. The van der Waals surface area contributed by atoms with Gasteiger partial charge in [-0.05, 0) is 12.8 Å². The van der Waals surface area contributed by atoms with Gasteiger partial charge in [0.1, 0.15) is 0 Å². The zero-order valence-electron chi connectivity index (χ0n) is 22.9. The van der Waals surface area contributed by atoms with E-state index in [1.165, 1.54) is 0 Å². The van der Waals surface area contributed by atoms with Gasteiger partial charge in [0.2, 0.25) is 11.8 Å². The number of rotatable bonds is 21. The molecule has 3 aliphatic heterocycles. The molecule has 0 bridgehead atoms. The van der Waals surface area contributed by atoms with Gasteiger partial charge < -0.3 is 34.4 Å². The van der Waals surface area contributed by atoms with Crippen LogP contribution >= 0.6 is 11.8 Å². The lowest BCUT2D eigenvalue weighted by atomic mass is 9.94. The first-order valence-corrected chi connectivity index (χ1v) is 15.0. The van der Waals surface area contributed by atoms with Crippen LogP contribution in [0.4, 0.5) is 0 Å². The highest BCUT2D eigenvalue weighted by molar-refractivity contribution is 8.00. The molecule has 4 amide bonds. The van der Waals surface area contributed by atoms with Crippen molar-refractivity contribution in [1.29, 1.82) is 0 Å². The summed E-state index contributed by atoms with van der Waals surface area (Å²) in [6, 6.07) is 0.346. The number of hydrogen-bond acceptors (Lipinski definition) is 11. The summed E-state index contributed by atoms with van der Waals surface area (Å²) in [4.78, 5) is 62.6. The van der Waals surface area contributed by atoms with Gasteiger partial charge in [-0.15, -0.1) is 5.06 Å². The molecule has 40 heavy (non-hydrogen) atoms. The summed E-state index contributed by atoms with van der Waals surface area (Å²) in [6.07, 6.45) is 4.10. The molecule has 14 heteroatoms. The molecule has 3 saturated heterocycles. The maximum atomic E-state index is 12.0. The average molecular weight is 588 g/mol. The summed E-state index contributed by atoms with van der Waals surface area (Å²) in [7, 11) is 0. The van der Waals surface area contributed by atoms with Gasteiger partial charge in [-0.2, -0.15) is 11.8 Å². The maximum Gasteiger partial charge on any atom is 0.335 e. The molecule has 0 aromatic heterocycles. The van der Waals surface area contributed by atoms with E-state index < -0.39 is 17.8 Å². The Balaban J connectivity index is 1.00. The Morgan fingerprint density at radius 2 is 1.48 bits per heavy atom. The number of carbonyl (C=O) groups is 5. The Morgan fingerprint density at radius 3 is 2.15 bits per heavy atom. The molecule has 2 N–H and O–H groups in total. The minimum Gasteiger partial charge on any atom is -0.378 e. The van der Waals surface area contributed by atoms with E-state index in [2.05, 4.69) is 10.6 Å². The normalized spacial score (nSPS) is 22.1. The molecule has 3 rings (SSSR count). The molecule has 0 aromatic rings. The van der Waals surface area contributed by atoms with E-state index in [9.17, 15) is 24.0 Å². The van der Waals surface area contributed by atoms with Gasteiger partial charge in [0.25, 0.3) is 11.8 Å². The fourth-order valence-electron chi connectivity index (χ4n) is 4.64. The number of carbonyl (C=O) groups excluding carboxylic acids is 5. The van der Waals surface area contributed by atoms with E-state index in [-0.39, 0.29) is 44.3 Å². The average Bonchev–Trinajstić information content (AvgIpc) is 3.58. The van der Waals surface area contributed by atoms with Gasteiger partial charge in [-0.1, -0.05) is 6.42 Å². The molecule has 13 nitrogen and oxygen atoms in total. The number of hydroxylamine groups is 2. The summed E-state index contributed by atoms with van der Waals surface area (Å²) in [5.74, 6) is -0.0442. The topological polar surface area (TPSA) is 159 Å². The fourth-order valence-corrected chi connectivity index (χ4v) is 6.29. The number of unbranched alkanes of at least 4 members (excludes halogenated alkanes) is 1. The van der Waals surface area contributed by atoms with Crippen LogP contribution in [0, 0.1) is 5.92 Å². The van der Waals surface area contributed by atoms with Gasteiger partial charge in [-0.3, -0.25) is 19.2 Å². The Kier molecular flexibility index (Phi) is 14.7. The van der Waals surface area contributed by atoms with Crippen LogP contribution in [0.5, 0.6) is 0 Å². The first-order chi connectivity index (χ1) is 19.4. The summed E-state index contributed by atoms with van der Waals surface area (Å²) < 4.78 is 21.5. The summed E-state index contributed by atoms with van der Waals surface area (Å²) in [5, 5.41) is 6.96. The number of ether oxygens (including phenoxy) is 4. The third-order valence-electron chi connectivity index (χ3n) is 6.73. The highest BCUT2D eigenvalue weighted by Gasteiger charge is 2.42. The molecule has 0 saturated carbocycles. The van der Waals surface area contributed by atoms with E-state index in [0.29, 0.717) is 81.3 Å². The maximum absolute atomic E-state index is 12.0. The third kappa shape index (κ3) is 11.7. The van der Waals surface area contributed by atoms with Crippen molar-refractivity contribution in [3.05, 3.63) is 0 Å². The number of hydrogen-bond donors (Lipinski definition) is 2. The highest BCUT2D eigenvalue weighted by atomic mass is 32.2. The lowest BCUT2D eigenvalue weighted by molar-refractivity contribution is -0.198. The lowest BCUT2D eigenvalue weighted by Crippen LogP contribution is -2.32. The van der Waals surface area contributed by atoms with Crippen molar-refractivity contribution in [3.63, 3.8) is 0 Å². The number of amides is 4. The van der Waals surface area contributed by atoms with Crippen molar-refractivity contribution < 1.29 is 47.8 Å². The van der Waals surface area contributed by atoms with Crippen molar-refractivity contribution in [2.45, 2.75) is 62.7 Å². The summed E-state index contributed by atoms with van der Waals surface area (Å²) in [5.41, 5.74) is 0. The van der Waals surface area contributed by atoms with E-state index in [0.717, 1.165) is 25.0 Å². The summed E-state index contributed by atoms with van der Waals surface area (Å²) in [6.45, 7) is 3.21. The molecule has 0 spiro atoms. The van der Waals surface area contributed by atoms with Crippen molar-refractivity contribution in [2.24, 2.45) is 5.92 Å². The SMILES string of the molecule is O=C(CCCCC1SCC2NC(=O)CC21)NCCOCCOCCOCCOCCC(=O)ON1C(=O)CCC1=O. The molecule has 0 radical (unpaired) electrons. The second kappa shape index (κ2) is 18.2. The second-order valence-corrected chi connectivity index (χ2v) is 11.0. The Hall–Kier alpha value is -2.26. The number of imide groups is 1. The van der Waals surface area contributed by atoms with Crippen molar-refractivity contribution in [1.82, 2.24) is 15.7 Å². The van der Waals surface area contributed by atoms with Crippen molar-refractivity contribution >= 4 is 41.4 Å². The van der Waals surface area contributed by atoms with Crippen LogP contribution in [0.15, 0.2) is 0 Å². The minimum absolute atomic E-state index is 0.0330. The molecule has 0 aromatic carbocycles. The Morgan fingerprint density at radius 1 is 0.850 bits per heavy atom. The van der Waals surface area contributed by atoms with Crippen LogP contribution < -0.4 is 10.6 Å². The van der Waals surface area contributed by atoms with E-state index in [4.69, 9.17) is 23.8 Å². The molecule has 3 fully saturated rings. The predicted octanol–water partition coefficient (Wildman–Crippen LogP) is 0.347. The van der Waals surface area contributed by atoms with Gasteiger partial charge in [0.05, 0.1) is 59.3 Å². The molecule has 3 atom stereocenters. The van der Waals surface area contributed by atoms with E-state index in [1.54, 1.807) is 0 Å². The first-order valence-electron chi connectivity index (χ1n) is 14.0. The quantitative estimate of drug-likeness (QED) is 0.141. The van der Waals surface area contributed by atoms with Gasteiger partial charge >= 0.3 is 5.97 Å². The van der Waals surface area contributed by atoms with Crippen LogP contribution in [0.3, 0.4) is 0 Å². The Labute approximate surface area is 238 Å². The van der Waals surface area contributed by atoms with Gasteiger partial charge in [0.15, 0.2) is 0 Å². The zero-order valence-corrected chi connectivity index (χ0v) is 23.7. The minimum atomic E-state index is -0.701. The number of thioether (sulfide) groups is 1. The van der Waals surface area contributed by atoms with Gasteiger partial charge in [-0.25, -0.2) is 4.79 Å². The van der Waals surface area contributed by atoms with Crippen LogP contribution in [0.1, 0.15) is 51.4 Å². The molecule has 226 valence electrons. The largest absolute Gasteiger partial charge is 0.378 e. The van der Waals surface area contributed by atoms with E-state index >= 15 is 0 Å². The highest BCUT2D eigenvalue weighted by Crippen LogP contribution is 2.40. The molecule has 0 aliphatic carbocycles. The van der Waals surface area contributed by atoms with Crippen LogP contribution in [0.2, 0.25) is 0 Å². The van der Waals surface area contributed by atoms with Crippen LogP contribution in [0.25, 0.3) is 0 Å². The van der Waals surface area contributed by atoms with Crippen molar-refractivity contribution in [2.75, 3.05) is 65.2 Å². The van der Waals surface area contributed by atoms with Crippen LogP contribution in [-0.2, 0) is 47.8 Å². The standard InChI is InChI=1S/C26H41N3O10S/c30-22(4-2-1-3-21-19-17-23(31)28-20(19)18-40-21)27-8-10-36-12-14-38-16-15-37-13-11-35-9-7-26(34)39-29-24(32)5-6-25(29)33/h19-21H,1-18H2,(H,27,30)(H,28,31). The molecular weight excluding hydrogens is 546 g/mol. The molecule has 3 unspecified atom stereocenters. The third-order valence-corrected chi connectivity index (χ3v) is 8.29. The monoisotopic (exact) mass is 587 g/mol. The van der Waals surface area contributed by atoms with Gasteiger partial charge in [0, 0.05) is 55.2 Å². The molecule has 3 heterocycles. The number of nitrogens with zero attached hydrogens (tertiary/aromatic N) is 1. The molecule has 3 aliphatic rings. The second-order valence-electron chi connectivity index (χ2n) is 9.75. The Bertz CT molecular complexity index is 845. The fraction of sp³-hybridized carbons (Fsp3) is 0.808. The number of nitrogens with one attached hydrogen (secondary N) is 2. The van der Waals surface area contributed by atoms with E-state index in [1.807, 2.05) is 11.8 Å². The smallest absolute Gasteiger partial charge is 0.335 e. The predicted molar refractivity (Wildman–Crippen MR) is 143 cm³/mol. The zero-order chi connectivity index (χ0) is 28.6. The molecular formula is C26H41N3O10S.